The van der Waals surface area contributed by atoms with E-state index in [4.69, 9.17) is 30.5 Å². The fourth-order valence-electron chi connectivity index (χ4n) is 3.50. The van der Waals surface area contributed by atoms with Crippen molar-refractivity contribution in [3.63, 3.8) is 0 Å². The van der Waals surface area contributed by atoms with E-state index in [0.29, 0.717) is 47.4 Å². The van der Waals surface area contributed by atoms with Gasteiger partial charge in [-0.25, -0.2) is 0 Å². The lowest BCUT2D eigenvalue weighted by Crippen LogP contribution is -2.24. The van der Waals surface area contributed by atoms with E-state index in [9.17, 15) is 14.9 Å². The fourth-order valence-corrected chi connectivity index (χ4v) is 3.69. The lowest BCUT2D eigenvalue weighted by molar-refractivity contribution is 0.103. The number of carbonyl (C=O) groups is 1. The molecule has 3 aromatic rings. The van der Waals surface area contributed by atoms with Crippen LogP contribution in [0.5, 0.6) is 17.2 Å². The molecule has 0 aliphatic heterocycles. The topological polar surface area (TPSA) is 99.8 Å². The average Bonchev–Trinajstić information content (AvgIpc) is 2.88. The molecule has 0 saturated heterocycles. The van der Waals surface area contributed by atoms with Crippen molar-refractivity contribution in [2.45, 2.75) is 19.6 Å². The molecule has 0 aliphatic rings. The van der Waals surface area contributed by atoms with Crippen molar-refractivity contribution in [3.8, 4) is 23.3 Å². The van der Waals surface area contributed by atoms with Gasteiger partial charge in [-0.05, 0) is 48.9 Å². The molecule has 3 rings (SSSR count). The van der Waals surface area contributed by atoms with E-state index in [1.54, 1.807) is 50.6 Å². The van der Waals surface area contributed by atoms with Crippen LogP contribution in [0, 0.1) is 11.3 Å². The number of ketones is 1. The fraction of sp³-hybridized carbons (Fsp3) is 0.269. The molecule has 0 saturated carbocycles. The Bertz CT molecular complexity index is 1310. The van der Waals surface area contributed by atoms with Crippen LogP contribution in [0.4, 0.5) is 0 Å². The van der Waals surface area contributed by atoms with E-state index in [1.165, 1.54) is 23.9 Å². The maximum Gasteiger partial charge on any atom is 0.268 e. The van der Waals surface area contributed by atoms with Gasteiger partial charge < -0.3 is 23.5 Å². The van der Waals surface area contributed by atoms with Crippen LogP contribution < -0.4 is 19.8 Å². The molecular weight excluding hydrogens is 472 g/mol. The number of hydrogen-bond donors (Lipinski definition) is 0. The molecule has 0 N–H and O–H groups in total. The molecule has 0 spiro atoms. The minimum Gasteiger partial charge on any atom is -0.497 e. The Labute approximate surface area is 208 Å². The highest BCUT2D eigenvalue weighted by molar-refractivity contribution is 6.30. The van der Waals surface area contributed by atoms with E-state index in [0.717, 1.165) is 0 Å². The summed E-state index contributed by atoms with van der Waals surface area (Å²) in [5.74, 6) is 0.926. The van der Waals surface area contributed by atoms with Crippen LogP contribution in [0.2, 0.25) is 5.02 Å². The molecule has 0 amide bonds. The van der Waals surface area contributed by atoms with Gasteiger partial charge in [-0.15, -0.1) is 0 Å². The van der Waals surface area contributed by atoms with E-state index in [2.05, 4.69) is 0 Å². The van der Waals surface area contributed by atoms with Crippen molar-refractivity contribution in [1.82, 2.24) is 4.57 Å². The highest BCUT2D eigenvalue weighted by Gasteiger charge is 2.20. The number of nitriles is 1. The predicted octanol–water partition coefficient (Wildman–Crippen LogP) is 4.24. The zero-order valence-electron chi connectivity index (χ0n) is 19.7. The number of aryl methyl sites for hydroxylation is 1. The Morgan fingerprint density at radius 2 is 1.83 bits per heavy atom. The second kappa shape index (κ2) is 12.1. The van der Waals surface area contributed by atoms with Crippen molar-refractivity contribution >= 4 is 17.4 Å². The van der Waals surface area contributed by atoms with Gasteiger partial charge in [-0.2, -0.15) is 5.26 Å². The third-order valence-corrected chi connectivity index (χ3v) is 5.51. The monoisotopic (exact) mass is 496 g/mol. The summed E-state index contributed by atoms with van der Waals surface area (Å²) in [6.45, 7) is 0.835. The number of rotatable bonds is 11. The second-order valence-corrected chi connectivity index (χ2v) is 7.97. The van der Waals surface area contributed by atoms with Crippen LogP contribution in [-0.2, 0) is 17.9 Å². The Hall–Kier alpha value is -3.80. The zero-order chi connectivity index (χ0) is 25.4. The highest BCUT2D eigenvalue weighted by atomic mass is 35.5. The first kappa shape index (κ1) is 25.8. The molecule has 8 nitrogen and oxygen atoms in total. The van der Waals surface area contributed by atoms with E-state index in [-0.39, 0.29) is 23.3 Å². The molecule has 9 heteroatoms. The van der Waals surface area contributed by atoms with Crippen LogP contribution in [0.25, 0.3) is 0 Å². The standard InChI is InChI=1S/C26H25ClN2O6/c1-32-10-4-9-29-15-18(11-17(14-28)26(29)31)25(30)22-13-21(33-2)6-8-24(22)35-16-19-12-20(27)5-7-23(19)34-3/h5-8,11-13,15H,4,9-10,16H2,1-3H3. The maximum atomic E-state index is 13.6. The highest BCUT2D eigenvalue weighted by Crippen LogP contribution is 2.29. The van der Waals surface area contributed by atoms with Crippen molar-refractivity contribution in [1.29, 1.82) is 5.26 Å². The van der Waals surface area contributed by atoms with E-state index >= 15 is 0 Å². The number of aromatic nitrogens is 1. The molecular formula is C26H25ClN2O6. The van der Waals surface area contributed by atoms with Gasteiger partial charge in [0.05, 0.1) is 19.8 Å². The molecule has 0 fully saturated rings. The number of halogens is 1. The van der Waals surface area contributed by atoms with Gasteiger partial charge in [0.1, 0.15) is 35.5 Å². The van der Waals surface area contributed by atoms with Crippen LogP contribution in [-0.4, -0.2) is 38.3 Å². The van der Waals surface area contributed by atoms with Crippen molar-refractivity contribution in [3.05, 3.63) is 86.3 Å². The lowest BCUT2D eigenvalue weighted by atomic mass is 10.0. The third-order valence-electron chi connectivity index (χ3n) is 5.27. The van der Waals surface area contributed by atoms with Crippen LogP contribution >= 0.6 is 11.6 Å². The largest absolute Gasteiger partial charge is 0.497 e. The molecule has 1 aromatic heterocycles. The number of ether oxygens (including phenoxy) is 4. The number of benzene rings is 2. The molecule has 35 heavy (non-hydrogen) atoms. The Morgan fingerprint density at radius 1 is 1.06 bits per heavy atom. The molecule has 0 atom stereocenters. The summed E-state index contributed by atoms with van der Waals surface area (Å²) >= 11 is 6.11. The number of methoxy groups -OCH3 is 3. The van der Waals surface area contributed by atoms with Crippen LogP contribution in [0.15, 0.2) is 53.5 Å². The van der Waals surface area contributed by atoms with Gasteiger partial charge in [0.25, 0.3) is 5.56 Å². The SMILES string of the molecule is COCCCn1cc(C(=O)c2cc(OC)ccc2OCc2cc(Cl)ccc2OC)cc(C#N)c1=O. The molecule has 182 valence electrons. The van der Waals surface area contributed by atoms with Crippen molar-refractivity contribution in [2.75, 3.05) is 27.9 Å². The number of pyridine rings is 1. The van der Waals surface area contributed by atoms with Gasteiger partial charge >= 0.3 is 0 Å². The van der Waals surface area contributed by atoms with E-state index < -0.39 is 11.3 Å². The van der Waals surface area contributed by atoms with Crippen LogP contribution in [0.1, 0.15) is 33.5 Å². The third kappa shape index (κ3) is 6.21. The average molecular weight is 497 g/mol. The van der Waals surface area contributed by atoms with Crippen molar-refractivity contribution < 1.29 is 23.7 Å². The smallest absolute Gasteiger partial charge is 0.268 e. The molecule has 0 unspecified atom stereocenters. The van der Waals surface area contributed by atoms with Gasteiger partial charge in [-0.1, -0.05) is 11.6 Å². The first-order valence-corrected chi connectivity index (χ1v) is 11.1. The number of carbonyl (C=O) groups excluding carboxylic acids is 1. The minimum absolute atomic E-state index is 0.0936. The zero-order valence-corrected chi connectivity index (χ0v) is 20.4. The summed E-state index contributed by atoms with van der Waals surface area (Å²) < 4.78 is 23.0. The first-order valence-electron chi connectivity index (χ1n) is 10.7. The lowest BCUT2D eigenvalue weighted by Gasteiger charge is -2.15. The van der Waals surface area contributed by atoms with E-state index in [1.807, 2.05) is 6.07 Å². The second-order valence-electron chi connectivity index (χ2n) is 7.54. The Balaban J connectivity index is 1.99. The van der Waals surface area contributed by atoms with Gasteiger partial charge in [0.15, 0.2) is 5.78 Å². The summed E-state index contributed by atoms with van der Waals surface area (Å²) in [5, 5.41) is 9.97. The summed E-state index contributed by atoms with van der Waals surface area (Å²) in [7, 11) is 4.60. The Kier molecular flexibility index (Phi) is 8.90. The van der Waals surface area contributed by atoms with Gasteiger partial charge in [0, 0.05) is 42.6 Å². The quantitative estimate of drug-likeness (QED) is 0.289. The van der Waals surface area contributed by atoms with Crippen molar-refractivity contribution in [2.24, 2.45) is 0 Å². The first-order chi connectivity index (χ1) is 16.9. The van der Waals surface area contributed by atoms with Gasteiger partial charge in [-0.3, -0.25) is 9.59 Å². The summed E-state index contributed by atoms with van der Waals surface area (Å²) in [6.07, 6.45) is 2.00. The normalized spacial score (nSPS) is 10.5. The molecule has 2 aromatic carbocycles. The number of hydrogen-bond acceptors (Lipinski definition) is 7. The molecule has 0 aliphatic carbocycles. The number of nitrogens with zero attached hydrogens (tertiary/aromatic N) is 2. The summed E-state index contributed by atoms with van der Waals surface area (Å²) in [6, 6.07) is 13.2. The molecule has 0 bridgehead atoms. The predicted molar refractivity (Wildman–Crippen MR) is 131 cm³/mol. The summed E-state index contributed by atoms with van der Waals surface area (Å²) in [4.78, 5) is 26.1. The van der Waals surface area contributed by atoms with Crippen LogP contribution in [0.3, 0.4) is 0 Å². The molecule has 0 radical (unpaired) electrons. The van der Waals surface area contributed by atoms with Gasteiger partial charge in [0.2, 0.25) is 0 Å². The minimum atomic E-state index is -0.463. The Morgan fingerprint density at radius 3 is 2.51 bits per heavy atom. The summed E-state index contributed by atoms with van der Waals surface area (Å²) in [5.41, 5.74) is 0.513. The molecule has 1 heterocycles. The maximum absolute atomic E-state index is 13.6.